The number of allylic oxidation sites excluding steroid dienone is 1. The highest BCUT2D eigenvalue weighted by Gasteiger charge is 2.15. The number of ether oxygens (including phenoxy) is 1. The van der Waals surface area contributed by atoms with Crippen molar-refractivity contribution in [2.24, 2.45) is 0 Å². The van der Waals surface area contributed by atoms with Crippen molar-refractivity contribution in [3.05, 3.63) is 74.7 Å². The van der Waals surface area contributed by atoms with Gasteiger partial charge in [0.05, 0.1) is 0 Å². The predicted molar refractivity (Wildman–Crippen MR) is 93.1 cm³/mol. The quantitative estimate of drug-likeness (QED) is 0.693. The van der Waals surface area contributed by atoms with Crippen LogP contribution in [0.4, 0.5) is 0 Å². The first-order valence-corrected chi connectivity index (χ1v) is 7.90. The van der Waals surface area contributed by atoms with E-state index in [0.717, 1.165) is 21.3 Å². The molecule has 110 valence electrons. The summed E-state index contributed by atoms with van der Waals surface area (Å²) in [6.45, 7) is 0.274. The number of fused-ring (bicyclic) bond motifs is 1. The van der Waals surface area contributed by atoms with Crippen LogP contribution in [0.25, 0.3) is 12.2 Å². The second-order valence-corrected chi connectivity index (χ2v) is 6.25. The highest BCUT2D eigenvalue weighted by molar-refractivity contribution is 9.10. The standard InChI is InChI=1S/C18H12BrClO2/c19-15-3-1-2-12(8-15)4-6-17(21)14-9-13-10-16(20)5-7-18(13)22-11-14/h1-10H,11H2/b6-4+. The molecular weight excluding hydrogens is 364 g/mol. The normalized spacial score (nSPS) is 13.5. The topological polar surface area (TPSA) is 26.3 Å². The van der Waals surface area contributed by atoms with Gasteiger partial charge in [-0.1, -0.05) is 45.7 Å². The first-order chi connectivity index (χ1) is 10.6. The molecule has 22 heavy (non-hydrogen) atoms. The fraction of sp³-hybridized carbons (Fsp3) is 0.0556. The molecule has 0 radical (unpaired) electrons. The summed E-state index contributed by atoms with van der Waals surface area (Å²) < 4.78 is 6.57. The maximum Gasteiger partial charge on any atom is 0.185 e. The zero-order valence-electron chi connectivity index (χ0n) is 11.6. The van der Waals surface area contributed by atoms with Gasteiger partial charge in [-0.05, 0) is 48.0 Å². The van der Waals surface area contributed by atoms with Crippen LogP contribution in [-0.2, 0) is 4.79 Å². The minimum atomic E-state index is -0.0643. The average Bonchev–Trinajstić information content (AvgIpc) is 2.52. The third-order valence-corrected chi connectivity index (χ3v) is 4.01. The van der Waals surface area contributed by atoms with Crippen molar-refractivity contribution in [3.8, 4) is 5.75 Å². The highest BCUT2D eigenvalue weighted by Crippen LogP contribution is 2.29. The molecule has 4 heteroatoms. The fourth-order valence-corrected chi connectivity index (χ4v) is 2.78. The van der Waals surface area contributed by atoms with Crippen LogP contribution < -0.4 is 4.74 Å². The molecule has 0 saturated carbocycles. The number of benzene rings is 2. The van der Waals surface area contributed by atoms with Gasteiger partial charge in [0, 0.05) is 20.6 Å². The number of halogens is 2. The van der Waals surface area contributed by atoms with Gasteiger partial charge in [-0.15, -0.1) is 0 Å². The van der Waals surface area contributed by atoms with Crippen molar-refractivity contribution < 1.29 is 9.53 Å². The van der Waals surface area contributed by atoms with Crippen LogP contribution in [0.5, 0.6) is 5.75 Å². The van der Waals surface area contributed by atoms with E-state index in [-0.39, 0.29) is 12.4 Å². The molecule has 0 aromatic heterocycles. The van der Waals surface area contributed by atoms with E-state index in [1.807, 2.05) is 36.4 Å². The SMILES string of the molecule is O=C(/C=C/c1cccc(Br)c1)C1=Cc2cc(Cl)ccc2OC1. The Kier molecular flexibility index (Phi) is 4.46. The summed E-state index contributed by atoms with van der Waals surface area (Å²) in [5.74, 6) is 0.683. The largest absolute Gasteiger partial charge is 0.488 e. The Balaban J connectivity index is 1.81. The van der Waals surface area contributed by atoms with Gasteiger partial charge in [-0.2, -0.15) is 0 Å². The molecule has 0 amide bonds. The summed E-state index contributed by atoms with van der Waals surface area (Å²) in [4.78, 5) is 12.3. The van der Waals surface area contributed by atoms with Gasteiger partial charge in [-0.25, -0.2) is 0 Å². The number of carbonyl (C=O) groups is 1. The van der Waals surface area contributed by atoms with Crippen molar-refractivity contribution in [3.63, 3.8) is 0 Å². The van der Waals surface area contributed by atoms with Gasteiger partial charge < -0.3 is 4.74 Å². The van der Waals surface area contributed by atoms with Crippen LogP contribution in [0, 0.1) is 0 Å². The first-order valence-electron chi connectivity index (χ1n) is 6.73. The maximum absolute atomic E-state index is 12.3. The Morgan fingerprint density at radius 3 is 2.91 bits per heavy atom. The maximum atomic E-state index is 12.3. The Bertz CT molecular complexity index is 793. The second-order valence-electron chi connectivity index (χ2n) is 4.89. The predicted octanol–water partition coefficient (Wildman–Crippen LogP) is 5.16. The van der Waals surface area contributed by atoms with E-state index in [4.69, 9.17) is 16.3 Å². The molecule has 0 saturated heterocycles. The second kappa shape index (κ2) is 6.51. The molecule has 1 aliphatic heterocycles. The van der Waals surface area contributed by atoms with E-state index >= 15 is 0 Å². The van der Waals surface area contributed by atoms with Crippen LogP contribution in [0.15, 0.2) is 58.6 Å². The van der Waals surface area contributed by atoms with Crippen molar-refractivity contribution in [2.75, 3.05) is 6.61 Å². The summed E-state index contributed by atoms with van der Waals surface area (Å²) in [6.07, 6.45) is 5.19. The third kappa shape index (κ3) is 3.49. The van der Waals surface area contributed by atoms with Crippen LogP contribution in [0.2, 0.25) is 5.02 Å². The van der Waals surface area contributed by atoms with Crippen LogP contribution in [0.1, 0.15) is 11.1 Å². The summed E-state index contributed by atoms with van der Waals surface area (Å²) in [6, 6.07) is 13.1. The molecule has 0 N–H and O–H groups in total. The number of ketones is 1. The lowest BCUT2D eigenvalue weighted by Gasteiger charge is -2.16. The fourth-order valence-electron chi connectivity index (χ4n) is 2.18. The lowest BCUT2D eigenvalue weighted by molar-refractivity contribution is -0.111. The third-order valence-electron chi connectivity index (χ3n) is 3.28. The molecule has 0 spiro atoms. The van der Waals surface area contributed by atoms with Gasteiger partial charge >= 0.3 is 0 Å². The monoisotopic (exact) mass is 374 g/mol. The molecule has 2 aromatic rings. The van der Waals surface area contributed by atoms with Gasteiger partial charge in [0.15, 0.2) is 5.78 Å². The van der Waals surface area contributed by atoms with Gasteiger partial charge in [0.2, 0.25) is 0 Å². The summed E-state index contributed by atoms with van der Waals surface area (Å²) in [5, 5.41) is 0.622. The minimum absolute atomic E-state index is 0.0643. The molecule has 3 rings (SSSR count). The van der Waals surface area contributed by atoms with Crippen LogP contribution in [-0.4, -0.2) is 12.4 Å². The zero-order chi connectivity index (χ0) is 15.5. The number of rotatable bonds is 3. The van der Waals surface area contributed by atoms with E-state index < -0.39 is 0 Å². The molecule has 0 unspecified atom stereocenters. The highest BCUT2D eigenvalue weighted by atomic mass is 79.9. The van der Waals surface area contributed by atoms with Gasteiger partial charge in [-0.3, -0.25) is 4.79 Å². The molecule has 0 atom stereocenters. The van der Waals surface area contributed by atoms with E-state index in [9.17, 15) is 4.79 Å². The number of hydrogen-bond acceptors (Lipinski definition) is 2. The van der Waals surface area contributed by atoms with Gasteiger partial charge in [0.25, 0.3) is 0 Å². The lowest BCUT2D eigenvalue weighted by Crippen LogP contribution is -2.13. The van der Waals surface area contributed by atoms with Crippen LogP contribution in [0.3, 0.4) is 0 Å². The van der Waals surface area contributed by atoms with Crippen molar-refractivity contribution in [1.29, 1.82) is 0 Å². The number of carbonyl (C=O) groups excluding carboxylic acids is 1. The van der Waals surface area contributed by atoms with Gasteiger partial charge in [0.1, 0.15) is 12.4 Å². The average molecular weight is 376 g/mol. The molecule has 0 aliphatic carbocycles. The van der Waals surface area contributed by atoms with Crippen molar-refractivity contribution in [1.82, 2.24) is 0 Å². The van der Waals surface area contributed by atoms with Crippen molar-refractivity contribution >= 4 is 45.5 Å². The van der Waals surface area contributed by atoms with Crippen LogP contribution >= 0.6 is 27.5 Å². The summed E-state index contributed by atoms with van der Waals surface area (Å²) in [5.41, 5.74) is 2.41. The van der Waals surface area contributed by atoms with E-state index in [1.54, 1.807) is 24.3 Å². The molecule has 0 bridgehead atoms. The molecule has 2 aromatic carbocycles. The molecule has 1 aliphatic rings. The Labute approximate surface area is 142 Å². The van der Waals surface area contributed by atoms with E-state index in [1.165, 1.54) is 0 Å². The molecule has 1 heterocycles. The summed E-state index contributed by atoms with van der Waals surface area (Å²) in [7, 11) is 0. The van der Waals surface area contributed by atoms with E-state index in [0.29, 0.717) is 10.6 Å². The summed E-state index contributed by atoms with van der Waals surface area (Å²) >= 11 is 9.38. The molecule has 2 nitrogen and oxygen atoms in total. The zero-order valence-corrected chi connectivity index (χ0v) is 13.9. The molecule has 0 fully saturated rings. The minimum Gasteiger partial charge on any atom is -0.488 e. The first kappa shape index (κ1) is 15.1. The van der Waals surface area contributed by atoms with Crippen molar-refractivity contribution in [2.45, 2.75) is 0 Å². The Hall–Kier alpha value is -1.84. The Morgan fingerprint density at radius 1 is 1.23 bits per heavy atom. The molecular formula is C18H12BrClO2. The van der Waals surface area contributed by atoms with E-state index in [2.05, 4.69) is 15.9 Å². The lowest BCUT2D eigenvalue weighted by atomic mass is 10.0. The smallest absolute Gasteiger partial charge is 0.185 e. The Morgan fingerprint density at radius 2 is 2.09 bits per heavy atom. The number of hydrogen-bond donors (Lipinski definition) is 0.